The van der Waals surface area contributed by atoms with Crippen LogP contribution in [0.3, 0.4) is 0 Å². The Labute approximate surface area is 104 Å². The van der Waals surface area contributed by atoms with E-state index < -0.39 is 0 Å². The molecule has 0 spiro atoms. The summed E-state index contributed by atoms with van der Waals surface area (Å²) in [5, 5.41) is 6.58. The van der Waals surface area contributed by atoms with E-state index in [0.717, 1.165) is 45.0 Å². The number of nitrogens with zero attached hydrogens (tertiary/aromatic N) is 1. The zero-order chi connectivity index (χ0) is 11.8. The molecule has 2 N–H and O–H groups in total. The third-order valence-electron chi connectivity index (χ3n) is 3.42. The van der Waals surface area contributed by atoms with Crippen LogP contribution in [-0.4, -0.2) is 38.3 Å². The van der Waals surface area contributed by atoms with Crippen LogP contribution >= 0.6 is 0 Å². The fourth-order valence-corrected chi connectivity index (χ4v) is 2.41. The molecule has 1 heterocycles. The Kier molecular flexibility index (Phi) is 5.62. The Hall–Kier alpha value is -0.770. The third-order valence-corrected chi connectivity index (χ3v) is 3.42. The predicted molar refractivity (Wildman–Crippen MR) is 70.4 cm³/mol. The number of nitrogens with one attached hydrogen (secondary N) is 2. The van der Waals surface area contributed by atoms with Crippen LogP contribution in [0.1, 0.15) is 44.9 Å². The van der Waals surface area contributed by atoms with Crippen molar-refractivity contribution < 1.29 is 4.74 Å². The van der Waals surface area contributed by atoms with Crippen molar-refractivity contribution >= 4 is 5.96 Å². The highest BCUT2D eigenvalue weighted by molar-refractivity contribution is 5.80. The van der Waals surface area contributed by atoms with Crippen LogP contribution in [0.5, 0.6) is 0 Å². The van der Waals surface area contributed by atoms with Crippen LogP contribution in [0.25, 0.3) is 0 Å². The average molecular weight is 239 g/mol. The van der Waals surface area contributed by atoms with E-state index in [9.17, 15) is 0 Å². The van der Waals surface area contributed by atoms with Crippen molar-refractivity contribution in [2.24, 2.45) is 4.99 Å². The number of rotatable bonds is 5. The first kappa shape index (κ1) is 12.7. The molecular formula is C13H25N3O. The van der Waals surface area contributed by atoms with Gasteiger partial charge in [0.1, 0.15) is 0 Å². The fourth-order valence-electron chi connectivity index (χ4n) is 2.41. The first-order valence-electron chi connectivity index (χ1n) is 7.09. The van der Waals surface area contributed by atoms with Gasteiger partial charge in [-0.15, -0.1) is 0 Å². The Morgan fingerprint density at radius 1 is 1.24 bits per heavy atom. The molecule has 0 bridgehead atoms. The van der Waals surface area contributed by atoms with Gasteiger partial charge in [-0.25, -0.2) is 0 Å². The quantitative estimate of drug-likeness (QED) is 0.717. The van der Waals surface area contributed by atoms with Gasteiger partial charge in [0.2, 0.25) is 0 Å². The summed E-state index contributed by atoms with van der Waals surface area (Å²) in [4.78, 5) is 4.37. The van der Waals surface area contributed by atoms with E-state index in [4.69, 9.17) is 4.74 Å². The van der Waals surface area contributed by atoms with E-state index in [2.05, 4.69) is 15.6 Å². The van der Waals surface area contributed by atoms with Gasteiger partial charge in [-0.05, 0) is 25.7 Å². The van der Waals surface area contributed by atoms with Gasteiger partial charge in [0.05, 0.1) is 6.10 Å². The summed E-state index contributed by atoms with van der Waals surface area (Å²) in [5.74, 6) is 0.967. The minimum Gasteiger partial charge on any atom is -0.378 e. The minimum atomic E-state index is 0.536. The van der Waals surface area contributed by atoms with Crippen molar-refractivity contribution in [1.29, 1.82) is 0 Å². The molecule has 2 rings (SSSR count). The van der Waals surface area contributed by atoms with Crippen molar-refractivity contribution in [3.8, 4) is 0 Å². The molecule has 0 aromatic carbocycles. The number of aliphatic imine (C=N–C) groups is 1. The van der Waals surface area contributed by atoms with Crippen LogP contribution in [0.2, 0.25) is 0 Å². The molecule has 0 aromatic rings. The summed E-state index contributed by atoms with van der Waals surface area (Å²) in [6.07, 6.45) is 9.38. The Morgan fingerprint density at radius 3 is 2.88 bits per heavy atom. The van der Waals surface area contributed by atoms with Crippen LogP contribution in [0, 0.1) is 0 Å². The maximum Gasteiger partial charge on any atom is 0.191 e. The Balaban J connectivity index is 1.47. The standard InChI is InChI=1S/C13H25N3O/c1-2-6-12(7-3-1)17-11-5-10-16-13-14-8-4-9-15-13/h12H,1-11H2,(H2,14,15,16). The summed E-state index contributed by atoms with van der Waals surface area (Å²) >= 11 is 0. The first-order chi connectivity index (χ1) is 8.45. The molecule has 2 aliphatic rings. The van der Waals surface area contributed by atoms with E-state index in [1.807, 2.05) is 0 Å². The van der Waals surface area contributed by atoms with Crippen molar-refractivity contribution in [3.63, 3.8) is 0 Å². The van der Waals surface area contributed by atoms with Crippen molar-refractivity contribution in [2.75, 3.05) is 26.2 Å². The zero-order valence-corrected chi connectivity index (χ0v) is 10.7. The number of hydrogen-bond donors (Lipinski definition) is 2. The molecule has 1 saturated carbocycles. The molecule has 0 unspecified atom stereocenters. The van der Waals surface area contributed by atoms with Crippen LogP contribution in [0.15, 0.2) is 4.99 Å². The van der Waals surface area contributed by atoms with Gasteiger partial charge in [-0.2, -0.15) is 0 Å². The van der Waals surface area contributed by atoms with Gasteiger partial charge in [-0.1, -0.05) is 19.3 Å². The Morgan fingerprint density at radius 2 is 2.12 bits per heavy atom. The molecule has 0 amide bonds. The van der Waals surface area contributed by atoms with Gasteiger partial charge < -0.3 is 15.4 Å². The lowest BCUT2D eigenvalue weighted by Crippen LogP contribution is -2.41. The van der Waals surface area contributed by atoms with Gasteiger partial charge in [0.25, 0.3) is 0 Å². The minimum absolute atomic E-state index is 0.536. The highest BCUT2D eigenvalue weighted by Crippen LogP contribution is 2.20. The second kappa shape index (κ2) is 7.54. The number of ether oxygens (including phenoxy) is 1. The molecule has 4 heteroatoms. The molecule has 0 radical (unpaired) electrons. The number of guanidine groups is 1. The van der Waals surface area contributed by atoms with E-state index >= 15 is 0 Å². The maximum atomic E-state index is 5.87. The van der Waals surface area contributed by atoms with Crippen LogP contribution in [0.4, 0.5) is 0 Å². The highest BCUT2D eigenvalue weighted by Gasteiger charge is 2.12. The molecule has 4 nitrogen and oxygen atoms in total. The summed E-state index contributed by atoms with van der Waals surface area (Å²) in [7, 11) is 0. The fraction of sp³-hybridized carbons (Fsp3) is 0.923. The zero-order valence-electron chi connectivity index (χ0n) is 10.7. The summed E-state index contributed by atoms with van der Waals surface area (Å²) in [6.45, 7) is 3.84. The van der Waals surface area contributed by atoms with Gasteiger partial charge in [0, 0.05) is 26.2 Å². The lowest BCUT2D eigenvalue weighted by molar-refractivity contribution is 0.0277. The molecule has 1 aliphatic carbocycles. The predicted octanol–water partition coefficient (Wildman–Crippen LogP) is 1.66. The highest BCUT2D eigenvalue weighted by atomic mass is 16.5. The first-order valence-corrected chi connectivity index (χ1v) is 7.09. The monoisotopic (exact) mass is 239 g/mol. The molecule has 0 saturated heterocycles. The van der Waals surface area contributed by atoms with E-state index in [1.54, 1.807) is 0 Å². The summed E-state index contributed by atoms with van der Waals surface area (Å²) in [5.41, 5.74) is 0. The van der Waals surface area contributed by atoms with Crippen LogP contribution < -0.4 is 10.6 Å². The molecular weight excluding hydrogens is 214 g/mol. The normalized spacial score (nSPS) is 21.8. The molecule has 1 aliphatic heterocycles. The lowest BCUT2D eigenvalue weighted by Gasteiger charge is -2.22. The van der Waals surface area contributed by atoms with Gasteiger partial charge >= 0.3 is 0 Å². The third kappa shape index (κ3) is 4.94. The molecule has 0 atom stereocenters. The molecule has 98 valence electrons. The van der Waals surface area contributed by atoms with E-state index in [-0.39, 0.29) is 0 Å². The SMILES string of the molecule is C1CCC(OCCCNC2=NCCCN2)CC1. The van der Waals surface area contributed by atoms with E-state index in [0.29, 0.717) is 6.10 Å². The number of hydrogen-bond acceptors (Lipinski definition) is 4. The van der Waals surface area contributed by atoms with E-state index in [1.165, 1.54) is 32.1 Å². The van der Waals surface area contributed by atoms with Gasteiger partial charge in [0.15, 0.2) is 5.96 Å². The topological polar surface area (TPSA) is 45.6 Å². The van der Waals surface area contributed by atoms with Crippen molar-refractivity contribution in [3.05, 3.63) is 0 Å². The second-order valence-electron chi connectivity index (χ2n) is 4.92. The average Bonchev–Trinajstić information content (AvgIpc) is 2.41. The Bertz CT molecular complexity index is 237. The molecule has 17 heavy (non-hydrogen) atoms. The lowest BCUT2D eigenvalue weighted by atomic mass is 9.98. The summed E-state index contributed by atoms with van der Waals surface area (Å²) in [6, 6.07) is 0. The van der Waals surface area contributed by atoms with Gasteiger partial charge in [-0.3, -0.25) is 4.99 Å². The molecule has 1 fully saturated rings. The van der Waals surface area contributed by atoms with Crippen LogP contribution in [-0.2, 0) is 4.74 Å². The molecule has 0 aromatic heterocycles. The van der Waals surface area contributed by atoms with Crippen molar-refractivity contribution in [2.45, 2.75) is 51.0 Å². The summed E-state index contributed by atoms with van der Waals surface area (Å²) < 4.78 is 5.87. The largest absolute Gasteiger partial charge is 0.378 e. The maximum absolute atomic E-state index is 5.87. The second-order valence-corrected chi connectivity index (χ2v) is 4.92. The smallest absolute Gasteiger partial charge is 0.191 e. The van der Waals surface area contributed by atoms with Crippen molar-refractivity contribution in [1.82, 2.24) is 10.6 Å².